The highest BCUT2D eigenvalue weighted by molar-refractivity contribution is 5.94. The molecule has 4 rings (SSSR count). The normalized spacial score (nSPS) is 10.8. The Labute approximate surface area is 182 Å². The molecule has 3 N–H and O–H groups in total. The lowest BCUT2D eigenvalue weighted by Gasteiger charge is -2.08. The number of para-hydroxylation sites is 2. The summed E-state index contributed by atoms with van der Waals surface area (Å²) in [5.74, 6) is -1.84. The van der Waals surface area contributed by atoms with Crippen LogP contribution in [0.4, 0.5) is 14.5 Å². The van der Waals surface area contributed by atoms with Crippen molar-refractivity contribution in [3.05, 3.63) is 83.9 Å². The third-order valence-electron chi connectivity index (χ3n) is 4.85. The van der Waals surface area contributed by atoms with Crippen molar-refractivity contribution >= 4 is 28.5 Å². The molecule has 6 nitrogen and oxygen atoms in total. The van der Waals surface area contributed by atoms with Crippen molar-refractivity contribution in [3.63, 3.8) is 0 Å². The number of aromatic amines is 1. The fraction of sp³-hybridized carbons (Fsp3) is 0.125. The van der Waals surface area contributed by atoms with Crippen molar-refractivity contribution in [1.82, 2.24) is 15.3 Å². The van der Waals surface area contributed by atoms with Crippen molar-refractivity contribution < 1.29 is 18.4 Å². The topological polar surface area (TPSA) is 86.9 Å². The fourth-order valence-electron chi connectivity index (χ4n) is 3.28. The minimum absolute atomic E-state index is 0.168. The molecule has 0 spiro atoms. The van der Waals surface area contributed by atoms with E-state index in [0.29, 0.717) is 24.0 Å². The van der Waals surface area contributed by atoms with Gasteiger partial charge in [-0.05, 0) is 42.8 Å². The molecule has 0 fully saturated rings. The van der Waals surface area contributed by atoms with Crippen LogP contribution in [-0.4, -0.2) is 28.3 Å². The average Bonchev–Trinajstić information content (AvgIpc) is 3.21. The second-order valence-corrected chi connectivity index (χ2v) is 7.22. The lowest BCUT2D eigenvalue weighted by Crippen LogP contribution is -2.26. The van der Waals surface area contributed by atoms with Gasteiger partial charge < -0.3 is 15.6 Å². The quantitative estimate of drug-likeness (QED) is 0.370. The first-order valence-electron chi connectivity index (χ1n) is 10.1. The number of nitrogens with zero attached hydrogens (tertiary/aromatic N) is 1. The number of nitrogens with one attached hydrogen (secondary N) is 3. The SMILES string of the molecule is O=C(CCCNC(=O)c1ccc(F)cc1F)Nc1cccc(-c2nc3ccccc3[nH]2)c1. The fourth-order valence-corrected chi connectivity index (χ4v) is 3.28. The van der Waals surface area contributed by atoms with Crippen molar-refractivity contribution in [2.24, 2.45) is 0 Å². The van der Waals surface area contributed by atoms with Gasteiger partial charge in [0.05, 0.1) is 16.6 Å². The highest BCUT2D eigenvalue weighted by Crippen LogP contribution is 2.23. The number of hydrogen-bond acceptors (Lipinski definition) is 3. The van der Waals surface area contributed by atoms with Crippen LogP contribution in [0.1, 0.15) is 23.2 Å². The molecule has 0 saturated carbocycles. The van der Waals surface area contributed by atoms with Crippen LogP contribution in [0.3, 0.4) is 0 Å². The van der Waals surface area contributed by atoms with Gasteiger partial charge in [0.15, 0.2) is 0 Å². The summed E-state index contributed by atoms with van der Waals surface area (Å²) in [5, 5.41) is 5.35. The molecule has 0 aliphatic heterocycles. The molecule has 0 aliphatic carbocycles. The molecule has 3 aromatic carbocycles. The predicted molar refractivity (Wildman–Crippen MR) is 118 cm³/mol. The minimum atomic E-state index is -0.926. The lowest BCUT2D eigenvalue weighted by molar-refractivity contribution is -0.116. The summed E-state index contributed by atoms with van der Waals surface area (Å²) in [6, 6.07) is 17.8. The smallest absolute Gasteiger partial charge is 0.254 e. The number of imidazole rings is 1. The predicted octanol–water partition coefficient (Wildman–Crippen LogP) is 4.66. The molecule has 0 aliphatic rings. The van der Waals surface area contributed by atoms with Crippen molar-refractivity contribution in [3.8, 4) is 11.4 Å². The molecule has 8 heteroatoms. The van der Waals surface area contributed by atoms with Gasteiger partial charge in [-0.15, -0.1) is 0 Å². The van der Waals surface area contributed by atoms with E-state index in [-0.39, 0.29) is 24.4 Å². The van der Waals surface area contributed by atoms with Gasteiger partial charge in [-0.1, -0.05) is 24.3 Å². The molecular weight excluding hydrogens is 414 g/mol. The van der Waals surface area contributed by atoms with Gasteiger partial charge in [-0.3, -0.25) is 9.59 Å². The van der Waals surface area contributed by atoms with Crippen LogP contribution in [0.25, 0.3) is 22.4 Å². The van der Waals surface area contributed by atoms with Crippen LogP contribution in [-0.2, 0) is 4.79 Å². The van der Waals surface area contributed by atoms with Crippen LogP contribution >= 0.6 is 0 Å². The summed E-state index contributed by atoms with van der Waals surface area (Å²) in [7, 11) is 0. The zero-order chi connectivity index (χ0) is 22.5. The average molecular weight is 434 g/mol. The number of carbonyl (C=O) groups is 2. The monoisotopic (exact) mass is 434 g/mol. The molecule has 32 heavy (non-hydrogen) atoms. The summed E-state index contributed by atoms with van der Waals surface area (Å²) < 4.78 is 26.6. The van der Waals surface area contributed by atoms with E-state index >= 15 is 0 Å². The van der Waals surface area contributed by atoms with E-state index in [1.165, 1.54) is 0 Å². The highest BCUT2D eigenvalue weighted by Gasteiger charge is 2.12. The number of hydrogen-bond donors (Lipinski definition) is 3. The van der Waals surface area contributed by atoms with Crippen molar-refractivity contribution in [1.29, 1.82) is 0 Å². The molecule has 0 radical (unpaired) electrons. The molecule has 0 saturated heterocycles. The second kappa shape index (κ2) is 9.38. The summed E-state index contributed by atoms with van der Waals surface area (Å²) in [5.41, 5.74) is 3.02. The maximum absolute atomic E-state index is 13.6. The molecule has 1 heterocycles. The van der Waals surface area contributed by atoms with Gasteiger partial charge in [0.1, 0.15) is 17.5 Å². The Kier molecular flexibility index (Phi) is 6.21. The molecular formula is C24H20F2N4O2. The lowest BCUT2D eigenvalue weighted by atomic mass is 10.2. The van der Waals surface area contributed by atoms with Gasteiger partial charge in [-0.25, -0.2) is 13.8 Å². The van der Waals surface area contributed by atoms with Crippen molar-refractivity contribution in [2.75, 3.05) is 11.9 Å². The van der Waals surface area contributed by atoms with Crippen LogP contribution in [0, 0.1) is 11.6 Å². The Morgan fingerprint density at radius 1 is 0.969 bits per heavy atom. The van der Waals surface area contributed by atoms with Crippen LogP contribution in [0.15, 0.2) is 66.7 Å². The van der Waals surface area contributed by atoms with E-state index in [9.17, 15) is 18.4 Å². The second-order valence-electron chi connectivity index (χ2n) is 7.22. The van der Waals surface area contributed by atoms with Gasteiger partial charge >= 0.3 is 0 Å². The largest absolute Gasteiger partial charge is 0.352 e. The maximum Gasteiger partial charge on any atom is 0.254 e. The minimum Gasteiger partial charge on any atom is -0.352 e. The first-order chi connectivity index (χ1) is 15.5. The van der Waals surface area contributed by atoms with Crippen LogP contribution in [0.2, 0.25) is 0 Å². The van der Waals surface area contributed by atoms with Crippen LogP contribution < -0.4 is 10.6 Å². The zero-order valence-corrected chi connectivity index (χ0v) is 17.0. The van der Waals surface area contributed by atoms with E-state index in [2.05, 4.69) is 20.6 Å². The van der Waals surface area contributed by atoms with Gasteiger partial charge in [-0.2, -0.15) is 0 Å². The van der Waals surface area contributed by atoms with E-state index in [4.69, 9.17) is 0 Å². The Balaban J connectivity index is 1.29. The molecule has 0 bridgehead atoms. The van der Waals surface area contributed by atoms with Crippen LogP contribution in [0.5, 0.6) is 0 Å². The Morgan fingerprint density at radius 2 is 1.81 bits per heavy atom. The van der Waals surface area contributed by atoms with E-state index in [0.717, 1.165) is 28.7 Å². The van der Waals surface area contributed by atoms with Gasteiger partial charge in [0.2, 0.25) is 5.91 Å². The van der Waals surface area contributed by atoms with Gasteiger partial charge in [0.25, 0.3) is 5.91 Å². The number of rotatable bonds is 7. The third kappa shape index (κ3) is 4.97. The standard InChI is InChI=1S/C24H20F2N4O2/c25-16-10-11-18(19(26)14-16)24(32)27-12-4-9-22(31)28-17-6-3-5-15(13-17)23-29-20-7-1-2-8-21(20)30-23/h1-3,5-8,10-11,13-14H,4,9,12H2,(H,27,32)(H,28,31)(H,29,30). The molecule has 4 aromatic rings. The number of anilines is 1. The maximum atomic E-state index is 13.6. The molecule has 0 atom stereocenters. The number of H-pyrrole nitrogens is 1. The molecule has 0 unspecified atom stereocenters. The molecule has 162 valence electrons. The molecule has 1 aromatic heterocycles. The first-order valence-corrected chi connectivity index (χ1v) is 10.1. The van der Waals surface area contributed by atoms with E-state index < -0.39 is 17.5 Å². The van der Waals surface area contributed by atoms with E-state index in [1.807, 2.05) is 42.5 Å². The highest BCUT2D eigenvalue weighted by atomic mass is 19.1. The number of halogens is 2. The Bertz CT molecular complexity index is 1250. The van der Waals surface area contributed by atoms with Crippen molar-refractivity contribution in [2.45, 2.75) is 12.8 Å². The Hall–Kier alpha value is -4.07. The summed E-state index contributed by atoms with van der Waals surface area (Å²) in [6.07, 6.45) is 0.532. The zero-order valence-electron chi connectivity index (χ0n) is 17.0. The summed E-state index contributed by atoms with van der Waals surface area (Å²) >= 11 is 0. The third-order valence-corrected chi connectivity index (χ3v) is 4.85. The number of carbonyl (C=O) groups excluding carboxylic acids is 2. The number of fused-ring (bicyclic) bond motifs is 1. The van der Waals surface area contributed by atoms with Gasteiger partial charge in [0, 0.05) is 30.3 Å². The summed E-state index contributed by atoms with van der Waals surface area (Å²) in [6.45, 7) is 0.183. The number of benzene rings is 3. The van der Waals surface area contributed by atoms with E-state index in [1.54, 1.807) is 6.07 Å². The summed E-state index contributed by atoms with van der Waals surface area (Å²) in [4.78, 5) is 32.0. The number of amides is 2. The first kappa shape index (κ1) is 21.2. The molecule has 2 amide bonds. The Morgan fingerprint density at radius 3 is 2.62 bits per heavy atom. The number of aromatic nitrogens is 2.